The molecule has 20 heavy (non-hydrogen) atoms. The van der Waals surface area contributed by atoms with Crippen LogP contribution in [0.1, 0.15) is 41.5 Å². The first-order valence-corrected chi connectivity index (χ1v) is 8.16. The van der Waals surface area contributed by atoms with Crippen molar-refractivity contribution in [2.24, 2.45) is 5.92 Å². The third-order valence-corrected chi connectivity index (χ3v) is 5.20. The molecule has 2 saturated heterocycles. The summed E-state index contributed by atoms with van der Waals surface area (Å²) >= 11 is 0. The molecule has 1 aromatic rings. The second kappa shape index (κ2) is 5.87. The molecule has 2 fully saturated rings. The third-order valence-electron chi connectivity index (χ3n) is 5.20. The van der Waals surface area contributed by atoms with E-state index in [1.54, 1.807) is 5.56 Å². The van der Waals surface area contributed by atoms with Crippen LogP contribution < -0.4 is 5.32 Å². The molecule has 2 aliphatic rings. The number of aryl methyl sites for hydroxylation is 3. The normalized spacial score (nSPS) is 27.4. The summed E-state index contributed by atoms with van der Waals surface area (Å²) in [6.07, 6.45) is 4.10. The van der Waals surface area contributed by atoms with E-state index in [1.165, 1.54) is 55.6 Å². The van der Waals surface area contributed by atoms with Gasteiger partial charge in [-0.25, -0.2) is 0 Å². The summed E-state index contributed by atoms with van der Waals surface area (Å²) in [5.74, 6) is 0.878. The van der Waals surface area contributed by atoms with Gasteiger partial charge in [-0.05, 0) is 75.7 Å². The summed E-state index contributed by atoms with van der Waals surface area (Å²) in [5, 5.41) is 3.71. The average molecular weight is 272 g/mol. The molecule has 2 nitrogen and oxygen atoms in total. The van der Waals surface area contributed by atoms with Crippen molar-refractivity contribution < 1.29 is 0 Å². The fourth-order valence-electron chi connectivity index (χ4n) is 4.15. The number of piperidine rings is 2. The van der Waals surface area contributed by atoms with Gasteiger partial charge in [-0.15, -0.1) is 0 Å². The molecule has 0 radical (unpaired) electrons. The molecule has 0 aromatic heterocycles. The first kappa shape index (κ1) is 14.1. The van der Waals surface area contributed by atoms with Crippen LogP contribution in [-0.2, 0) is 6.54 Å². The van der Waals surface area contributed by atoms with Gasteiger partial charge in [0.2, 0.25) is 0 Å². The van der Waals surface area contributed by atoms with Gasteiger partial charge in [-0.3, -0.25) is 4.90 Å². The number of rotatable bonds is 2. The van der Waals surface area contributed by atoms with Gasteiger partial charge in [-0.2, -0.15) is 0 Å². The molecule has 1 aromatic carbocycles. The minimum absolute atomic E-state index is 0.792. The molecule has 3 rings (SSSR count). The zero-order valence-corrected chi connectivity index (χ0v) is 13.2. The van der Waals surface area contributed by atoms with Gasteiger partial charge in [-0.1, -0.05) is 17.7 Å². The van der Waals surface area contributed by atoms with Gasteiger partial charge in [0, 0.05) is 19.1 Å². The van der Waals surface area contributed by atoms with E-state index in [2.05, 4.69) is 43.1 Å². The number of nitrogens with one attached hydrogen (secondary N) is 1. The molecule has 2 unspecified atom stereocenters. The van der Waals surface area contributed by atoms with Gasteiger partial charge in [0.25, 0.3) is 0 Å². The summed E-state index contributed by atoms with van der Waals surface area (Å²) in [6, 6.07) is 5.45. The molecule has 110 valence electrons. The summed E-state index contributed by atoms with van der Waals surface area (Å²) in [6.45, 7) is 11.6. The number of hydrogen-bond donors (Lipinski definition) is 1. The molecular weight excluding hydrogens is 244 g/mol. The monoisotopic (exact) mass is 272 g/mol. The predicted molar refractivity (Wildman–Crippen MR) is 85.1 cm³/mol. The van der Waals surface area contributed by atoms with Crippen molar-refractivity contribution in [2.45, 2.75) is 52.6 Å². The molecule has 1 N–H and O–H groups in total. The number of fused-ring (bicyclic) bond motifs is 1. The van der Waals surface area contributed by atoms with E-state index in [-0.39, 0.29) is 0 Å². The summed E-state index contributed by atoms with van der Waals surface area (Å²) < 4.78 is 0. The van der Waals surface area contributed by atoms with E-state index in [0.717, 1.165) is 18.5 Å². The SMILES string of the molecule is Cc1cc(C)c(CN2CCC3NCCCC3C2)c(C)c1. The van der Waals surface area contributed by atoms with Crippen LogP contribution in [0.2, 0.25) is 0 Å². The minimum Gasteiger partial charge on any atom is -0.314 e. The van der Waals surface area contributed by atoms with Crippen LogP contribution in [0.25, 0.3) is 0 Å². The molecular formula is C18H28N2. The lowest BCUT2D eigenvalue weighted by molar-refractivity contribution is 0.108. The Labute approximate surface area is 123 Å². The van der Waals surface area contributed by atoms with E-state index < -0.39 is 0 Å². The highest BCUT2D eigenvalue weighted by Gasteiger charge is 2.30. The van der Waals surface area contributed by atoms with Crippen LogP contribution in [0.5, 0.6) is 0 Å². The second-order valence-corrected chi connectivity index (χ2v) is 6.86. The Morgan fingerprint density at radius 1 is 1.15 bits per heavy atom. The maximum absolute atomic E-state index is 3.71. The van der Waals surface area contributed by atoms with E-state index >= 15 is 0 Å². The zero-order chi connectivity index (χ0) is 14.1. The van der Waals surface area contributed by atoms with Crippen LogP contribution in [0.15, 0.2) is 12.1 Å². The Kier molecular flexibility index (Phi) is 4.13. The molecule has 0 spiro atoms. The summed E-state index contributed by atoms with van der Waals surface area (Å²) in [7, 11) is 0. The lowest BCUT2D eigenvalue weighted by Crippen LogP contribution is -2.51. The van der Waals surface area contributed by atoms with Crippen molar-refractivity contribution in [3.63, 3.8) is 0 Å². The van der Waals surface area contributed by atoms with Crippen molar-refractivity contribution in [1.29, 1.82) is 0 Å². The molecule has 2 heteroatoms. The Hall–Kier alpha value is -0.860. The summed E-state index contributed by atoms with van der Waals surface area (Å²) in [4.78, 5) is 2.68. The highest BCUT2D eigenvalue weighted by molar-refractivity contribution is 5.37. The zero-order valence-electron chi connectivity index (χ0n) is 13.2. The number of benzene rings is 1. The molecule has 2 aliphatic heterocycles. The molecule has 0 amide bonds. The predicted octanol–water partition coefficient (Wildman–Crippen LogP) is 3.19. The molecule has 0 saturated carbocycles. The first-order chi connectivity index (χ1) is 9.63. The quantitative estimate of drug-likeness (QED) is 0.889. The lowest BCUT2D eigenvalue weighted by atomic mass is 9.85. The highest BCUT2D eigenvalue weighted by Crippen LogP contribution is 2.27. The van der Waals surface area contributed by atoms with Gasteiger partial charge in [0.1, 0.15) is 0 Å². The van der Waals surface area contributed by atoms with E-state index in [9.17, 15) is 0 Å². The van der Waals surface area contributed by atoms with Crippen LogP contribution in [0.3, 0.4) is 0 Å². The minimum atomic E-state index is 0.792. The van der Waals surface area contributed by atoms with Crippen molar-refractivity contribution in [2.75, 3.05) is 19.6 Å². The third kappa shape index (κ3) is 2.91. The topological polar surface area (TPSA) is 15.3 Å². The standard InChI is InChI=1S/C18H28N2/c1-13-9-14(2)17(15(3)10-13)12-20-8-6-18-16(11-20)5-4-7-19-18/h9-10,16,18-19H,4-8,11-12H2,1-3H3. The van der Waals surface area contributed by atoms with Gasteiger partial charge >= 0.3 is 0 Å². The molecule has 2 heterocycles. The number of nitrogens with zero attached hydrogens (tertiary/aromatic N) is 1. The van der Waals surface area contributed by atoms with E-state index in [1.807, 2.05) is 0 Å². The van der Waals surface area contributed by atoms with Crippen molar-refractivity contribution in [3.05, 3.63) is 34.4 Å². The van der Waals surface area contributed by atoms with Crippen molar-refractivity contribution in [1.82, 2.24) is 10.2 Å². The maximum atomic E-state index is 3.71. The van der Waals surface area contributed by atoms with Crippen LogP contribution in [0, 0.1) is 26.7 Å². The van der Waals surface area contributed by atoms with E-state index in [4.69, 9.17) is 0 Å². The Bertz CT molecular complexity index is 457. The van der Waals surface area contributed by atoms with Crippen LogP contribution in [-0.4, -0.2) is 30.6 Å². The molecule has 2 atom stereocenters. The highest BCUT2D eigenvalue weighted by atomic mass is 15.2. The van der Waals surface area contributed by atoms with Crippen LogP contribution >= 0.6 is 0 Å². The van der Waals surface area contributed by atoms with Crippen molar-refractivity contribution >= 4 is 0 Å². The molecule has 0 bridgehead atoms. The van der Waals surface area contributed by atoms with Crippen molar-refractivity contribution in [3.8, 4) is 0 Å². The first-order valence-electron chi connectivity index (χ1n) is 8.16. The maximum Gasteiger partial charge on any atom is 0.0239 e. The Morgan fingerprint density at radius 2 is 1.90 bits per heavy atom. The summed E-state index contributed by atoms with van der Waals surface area (Å²) in [5.41, 5.74) is 5.87. The number of likely N-dealkylation sites (tertiary alicyclic amines) is 1. The lowest BCUT2D eigenvalue weighted by Gasteiger charge is -2.42. The second-order valence-electron chi connectivity index (χ2n) is 6.86. The largest absolute Gasteiger partial charge is 0.314 e. The number of hydrogen-bond acceptors (Lipinski definition) is 2. The Balaban J connectivity index is 1.69. The fraction of sp³-hybridized carbons (Fsp3) is 0.667. The van der Waals surface area contributed by atoms with Gasteiger partial charge < -0.3 is 5.32 Å². The smallest absolute Gasteiger partial charge is 0.0239 e. The van der Waals surface area contributed by atoms with Crippen LogP contribution in [0.4, 0.5) is 0 Å². The Morgan fingerprint density at radius 3 is 2.65 bits per heavy atom. The van der Waals surface area contributed by atoms with E-state index in [0.29, 0.717) is 0 Å². The van der Waals surface area contributed by atoms with Gasteiger partial charge in [0.15, 0.2) is 0 Å². The fourth-order valence-corrected chi connectivity index (χ4v) is 4.15. The van der Waals surface area contributed by atoms with Gasteiger partial charge in [0.05, 0.1) is 0 Å². The average Bonchev–Trinajstić information content (AvgIpc) is 2.42. The molecule has 0 aliphatic carbocycles.